The van der Waals surface area contributed by atoms with E-state index in [-0.39, 0.29) is 25.2 Å². The minimum Gasteiger partial charge on any atom is -0.480 e. The number of carbonyl (C=O) groups excluding carboxylic acids is 1. The Morgan fingerprint density at radius 1 is 1.00 bits per heavy atom. The molecule has 0 saturated heterocycles. The van der Waals surface area contributed by atoms with Crippen LogP contribution in [0.5, 0.6) is 0 Å². The summed E-state index contributed by atoms with van der Waals surface area (Å²) in [5, 5.41) is 12.6. The summed E-state index contributed by atoms with van der Waals surface area (Å²) in [5.41, 5.74) is 1.66. The first-order valence-corrected chi connectivity index (χ1v) is 12.9. The summed E-state index contributed by atoms with van der Waals surface area (Å²) in [5.74, 6) is -3.06. The molecule has 2 aromatic carbocycles. The number of carboxylic acids is 1. The number of carbonyl (C=O) groups is 2. The molecule has 0 spiro atoms. The molecule has 0 aliphatic rings. The maximum Gasteiger partial charge on any atom is 0.342 e. The van der Waals surface area contributed by atoms with Gasteiger partial charge in [0.15, 0.2) is 0 Å². The summed E-state index contributed by atoms with van der Waals surface area (Å²) in [6, 6.07) is 16.0. The van der Waals surface area contributed by atoms with Crippen molar-refractivity contribution in [2.24, 2.45) is 5.92 Å². The zero-order valence-corrected chi connectivity index (χ0v) is 20.5. The first kappa shape index (κ1) is 27.7. The maximum absolute atomic E-state index is 13.3. The molecule has 185 valence electrons. The molecule has 9 heteroatoms. The summed E-state index contributed by atoms with van der Waals surface area (Å²) in [6.07, 6.45) is 0.853. The molecule has 0 bridgehead atoms. The molecule has 1 amide bonds. The van der Waals surface area contributed by atoms with E-state index in [1.54, 1.807) is 24.3 Å². The van der Waals surface area contributed by atoms with Crippen molar-refractivity contribution in [1.29, 1.82) is 0 Å². The standard InChI is InChI=1S/C25H34N2O6P/c1-18(2)16-21(26-23(34(31,32)33)15-14-19-10-6-4-7-11-19)24(28)27(3)22(25(29)30)17-20-12-8-5-9-13-20/h4-13,18,21-23,26H,3,14-17H2,1-2H3,(H,29,30)(H2,31,32,33)/t21-,22-,23?/m0/s1. The molecule has 3 atom stereocenters. The second-order valence-corrected chi connectivity index (χ2v) is 10.6. The summed E-state index contributed by atoms with van der Waals surface area (Å²) < 4.78 is 12.2. The molecule has 0 saturated carbocycles. The molecule has 0 aliphatic carbocycles. The number of amides is 1. The second-order valence-electron chi connectivity index (χ2n) is 8.83. The summed E-state index contributed by atoms with van der Waals surface area (Å²) in [7, 11) is -0.880. The van der Waals surface area contributed by atoms with Gasteiger partial charge in [0.1, 0.15) is 11.8 Å². The quantitative estimate of drug-likeness (QED) is 0.318. The Hall–Kier alpha value is -2.51. The predicted molar refractivity (Wildman–Crippen MR) is 131 cm³/mol. The molecule has 0 heterocycles. The number of hydrogen-bond donors (Lipinski definition) is 4. The summed E-state index contributed by atoms with van der Waals surface area (Å²) in [4.78, 5) is 46.1. The minimum atomic E-state index is -4.60. The molecule has 34 heavy (non-hydrogen) atoms. The van der Waals surface area contributed by atoms with Gasteiger partial charge < -0.3 is 19.8 Å². The molecule has 2 aromatic rings. The van der Waals surface area contributed by atoms with Crippen LogP contribution in [0.25, 0.3) is 0 Å². The third kappa shape index (κ3) is 8.69. The number of aliphatic carboxylic acids is 1. The number of hydrogen-bond acceptors (Lipinski definition) is 4. The van der Waals surface area contributed by atoms with Crippen LogP contribution in [0.2, 0.25) is 0 Å². The van der Waals surface area contributed by atoms with E-state index in [4.69, 9.17) is 0 Å². The number of nitrogens with zero attached hydrogens (tertiary/aromatic N) is 1. The molecule has 8 nitrogen and oxygen atoms in total. The largest absolute Gasteiger partial charge is 0.480 e. The molecule has 0 aliphatic heterocycles. The van der Waals surface area contributed by atoms with Crippen molar-refractivity contribution in [2.75, 3.05) is 0 Å². The van der Waals surface area contributed by atoms with Crippen molar-refractivity contribution in [3.8, 4) is 0 Å². The van der Waals surface area contributed by atoms with E-state index in [1.807, 2.05) is 50.2 Å². The SMILES string of the molecule is [CH2]N(C(=O)[C@H](CC(C)C)NC(CCc1ccccc1)P(=O)(O)O)[C@@H](Cc1ccccc1)C(=O)O. The lowest BCUT2D eigenvalue weighted by molar-refractivity contribution is -0.149. The van der Waals surface area contributed by atoms with Crippen LogP contribution in [0.1, 0.15) is 37.8 Å². The van der Waals surface area contributed by atoms with Gasteiger partial charge in [0.25, 0.3) is 0 Å². The van der Waals surface area contributed by atoms with Crippen LogP contribution in [0, 0.1) is 13.0 Å². The Morgan fingerprint density at radius 3 is 2.00 bits per heavy atom. The lowest BCUT2D eigenvalue weighted by Gasteiger charge is -2.32. The van der Waals surface area contributed by atoms with Crippen molar-refractivity contribution in [2.45, 2.75) is 57.4 Å². The lowest BCUT2D eigenvalue weighted by atomic mass is 10.00. The van der Waals surface area contributed by atoms with Gasteiger partial charge >= 0.3 is 13.6 Å². The van der Waals surface area contributed by atoms with Gasteiger partial charge in [-0.25, -0.2) is 4.79 Å². The predicted octanol–water partition coefficient (Wildman–Crippen LogP) is 3.44. The van der Waals surface area contributed by atoms with Crippen LogP contribution in [0.4, 0.5) is 0 Å². The number of carboxylic acid groups (broad SMARTS) is 1. The minimum absolute atomic E-state index is 0.0128. The van der Waals surface area contributed by atoms with Gasteiger partial charge in [-0.05, 0) is 36.3 Å². The van der Waals surface area contributed by atoms with Crippen LogP contribution < -0.4 is 5.32 Å². The van der Waals surface area contributed by atoms with Gasteiger partial charge in [0.2, 0.25) is 5.91 Å². The normalized spacial score (nSPS) is 14.4. The van der Waals surface area contributed by atoms with Crippen molar-refractivity contribution in [3.63, 3.8) is 0 Å². The highest BCUT2D eigenvalue weighted by molar-refractivity contribution is 7.52. The molecule has 1 unspecified atom stereocenters. The molecule has 0 fully saturated rings. The average Bonchev–Trinajstić information content (AvgIpc) is 2.78. The van der Waals surface area contributed by atoms with Crippen LogP contribution >= 0.6 is 7.60 Å². The zero-order valence-electron chi connectivity index (χ0n) is 19.6. The van der Waals surface area contributed by atoms with E-state index in [9.17, 15) is 29.0 Å². The van der Waals surface area contributed by atoms with Crippen LogP contribution in [-0.2, 0) is 27.0 Å². The highest BCUT2D eigenvalue weighted by atomic mass is 31.2. The number of rotatable bonds is 13. The second kappa shape index (κ2) is 12.8. The number of nitrogens with one attached hydrogen (secondary N) is 1. The summed E-state index contributed by atoms with van der Waals surface area (Å²) >= 11 is 0. The maximum atomic E-state index is 13.3. The Kier molecular flexibility index (Phi) is 10.5. The van der Waals surface area contributed by atoms with Gasteiger partial charge in [-0.1, -0.05) is 74.5 Å². The fraction of sp³-hybridized carbons (Fsp3) is 0.400. The van der Waals surface area contributed by atoms with E-state index < -0.39 is 37.3 Å². The Bertz CT molecular complexity index is 964. The highest BCUT2D eigenvalue weighted by Gasteiger charge is 2.36. The lowest BCUT2D eigenvalue weighted by Crippen LogP contribution is -2.53. The third-order valence-corrected chi connectivity index (χ3v) is 6.79. The fourth-order valence-corrected chi connectivity index (χ4v) is 4.60. The van der Waals surface area contributed by atoms with Gasteiger partial charge in [-0.15, -0.1) is 0 Å². The highest BCUT2D eigenvalue weighted by Crippen LogP contribution is 2.42. The third-order valence-electron chi connectivity index (χ3n) is 5.57. The van der Waals surface area contributed by atoms with Crippen LogP contribution in [0.3, 0.4) is 0 Å². The van der Waals surface area contributed by atoms with Crippen LogP contribution in [0.15, 0.2) is 60.7 Å². The molecule has 0 aromatic heterocycles. The number of aryl methyl sites for hydroxylation is 1. The van der Waals surface area contributed by atoms with Gasteiger partial charge in [-0.2, -0.15) is 0 Å². The molecule has 4 N–H and O–H groups in total. The summed E-state index contributed by atoms with van der Waals surface area (Å²) in [6.45, 7) is 3.76. The first-order chi connectivity index (χ1) is 16.0. The van der Waals surface area contributed by atoms with E-state index in [0.717, 1.165) is 16.0 Å². The topological polar surface area (TPSA) is 127 Å². The smallest absolute Gasteiger partial charge is 0.342 e. The Labute approximate surface area is 201 Å². The van der Waals surface area contributed by atoms with E-state index in [0.29, 0.717) is 6.42 Å². The van der Waals surface area contributed by atoms with Crippen molar-refractivity contribution in [3.05, 3.63) is 78.8 Å². The molecule has 1 radical (unpaired) electrons. The van der Waals surface area contributed by atoms with E-state index in [1.165, 1.54) is 0 Å². The monoisotopic (exact) mass is 489 g/mol. The first-order valence-electron chi connectivity index (χ1n) is 11.2. The van der Waals surface area contributed by atoms with E-state index in [2.05, 4.69) is 12.4 Å². The fourth-order valence-electron chi connectivity index (χ4n) is 3.76. The van der Waals surface area contributed by atoms with Crippen molar-refractivity contribution < 1.29 is 29.0 Å². The van der Waals surface area contributed by atoms with Crippen molar-refractivity contribution in [1.82, 2.24) is 10.2 Å². The zero-order chi connectivity index (χ0) is 25.3. The van der Waals surface area contributed by atoms with Gasteiger partial charge in [0, 0.05) is 13.5 Å². The van der Waals surface area contributed by atoms with Crippen LogP contribution in [-0.4, -0.2) is 49.5 Å². The van der Waals surface area contributed by atoms with Gasteiger partial charge in [0.05, 0.1) is 6.04 Å². The number of benzene rings is 2. The molecular formula is C25H34N2O6P. The van der Waals surface area contributed by atoms with Crippen molar-refractivity contribution >= 4 is 19.5 Å². The Balaban J connectivity index is 2.22. The average molecular weight is 490 g/mol. The molecule has 2 rings (SSSR count). The van der Waals surface area contributed by atoms with E-state index >= 15 is 0 Å². The Morgan fingerprint density at radius 2 is 1.53 bits per heavy atom. The molecular weight excluding hydrogens is 455 g/mol. The van der Waals surface area contributed by atoms with Gasteiger partial charge in [-0.3, -0.25) is 14.7 Å².